The molecule has 0 saturated carbocycles. The zero-order valence-corrected chi connectivity index (χ0v) is 13.9. The Morgan fingerprint density at radius 3 is 2.90 bits per heavy atom. The average Bonchev–Trinajstić information content (AvgIpc) is 2.45. The van der Waals surface area contributed by atoms with Crippen LogP contribution in [0.15, 0.2) is 24.3 Å². The first-order valence-electron chi connectivity index (χ1n) is 8.13. The number of nitrogens with zero attached hydrogens (tertiary/aromatic N) is 1. The second kappa shape index (κ2) is 7.92. The fraction of sp³-hybridized carbons (Fsp3) is 0.667. The van der Waals surface area contributed by atoms with Crippen LogP contribution in [0.25, 0.3) is 0 Å². The zero-order valence-electron chi connectivity index (χ0n) is 13.9. The van der Waals surface area contributed by atoms with Crippen molar-refractivity contribution in [3.05, 3.63) is 35.4 Å². The average molecular weight is 290 g/mol. The Morgan fingerprint density at radius 2 is 2.19 bits per heavy atom. The smallest absolute Gasteiger partial charge is 0.0713 e. The van der Waals surface area contributed by atoms with E-state index >= 15 is 0 Å². The van der Waals surface area contributed by atoms with E-state index in [1.165, 1.54) is 30.5 Å². The van der Waals surface area contributed by atoms with E-state index in [1.54, 1.807) is 7.11 Å². The second-order valence-electron chi connectivity index (χ2n) is 6.57. The van der Waals surface area contributed by atoms with Crippen LogP contribution in [0.2, 0.25) is 0 Å². The minimum atomic E-state index is 0.516. The Bertz CT molecular complexity index is 433. The molecule has 1 aliphatic rings. The van der Waals surface area contributed by atoms with E-state index in [1.807, 2.05) is 0 Å². The molecule has 1 aliphatic heterocycles. The highest BCUT2D eigenvalue weighted by atomic mass is 16.5. The molecule has 1 aromatic carbocycles. The van der Waals surface area contributed by atoms with Crippen molar-refractivity contribution in [1.29, 1.82) is 0 Å². The lowest BCUT2D eigenvalue weighted by Gasteiger charge is -2.40. The molecule has 2 unspecified atom stereocenters. The van der Waals surface area contributed by atoms with Crippen LogP contribution in [-0.4, -0.2) is 38.2 Å². The number of piperidine rings is 1. The molecular formula is C18H30N2O. The number of ether oxygens (including phenoxy) is 1. The standard InChI is InChI=1S/C18H30N2O/c1-14(2)19-12-17-9-6-10-20(3)18(17)16-8-5-7-15(11-16)13-21-4/h5,7-8,11,14,17-19H,6,9-10,12-13H2,1-4H3. The first-order valence-corrected chi connectivity index (χ1v) is 8.13. The van der Waals surface area contributed by atoms with Crippen molar-refractivity contribution in [2.45, 2.75) is 45.4 Å². The quantitative estimate of drug-likeness (QED) is 0.870. The first-order chi connectivity index (χ1) is 10.1. The van der Waals surface area contributed by atoms with Crippen LogP contribution in [0.4, 0.5) is 0 Å². The highest BCUT2D eigenvalue weighted by Crippen LogP contribution is 2.35. The van der Waals surface area contributed by atoms with Crippen LogP contribution >= 0.6 is 0 Å². The fourth-order valence-corrected chi connectivity index (χ4v) is 3.42. The summed E-state index contributed by atoms with van der Waals surface area (Å²) in [5, 5.41) is 3.62. The van der Waals surface area contributed by atoms with Gasteiger partial charge in [-0.15, -0.1) is 0 Å². The van der Waals surface area contributed by atoms with Crippen LogP contribution in [0.5, 0.6) is 0 Å². The van der Waals surface area contributed by atoms with E-state index < -0.39 is 0 Å². The van der Waals surface area contributed by atoms with Crippen molar-refractivity contribution < 1.29 is 4.74 Å². The van der Waals surface area contributed by atoms with Crippen molar-refractivity contribution in [3.63, 3.8) is 0 Å². The molecule has 0 amide bonds. The van der Waals surface area contributed by atoms with Gasteiger partial charge in [0.05, 0.1) is 6.61 Å². The molecule has 0 bridgehead atoms. The van der Waals surface area contributed by atoms with E-state index in [2.05, 4.69) is 55.4 Å². The topological polar surface area (TPSA) is 24.5 Å². The van der Waals surface area contributed by atoms with Gasteiger partial charge in [0.15, 0.2) is 0 Å². The van der Waals surface area contributed by atoms with Gasteiger partial charge in [-0.3, -0.25) is 4.90 Å². The largest absolute Gasteiger partial charge is 0.380 e. The Hall–Kier alpha value is -0.900. The van der Waals surface area contributed by atoms with Crippen LogP contribution in [0.1, 0.15) is 43.9 Å². The molecular weight excluding hydrogens is 260 g/mol. The Morgan fingerprint density at radius 1 is 1.38 bits per heavy atom. The molecule has 2 rings (SSSR count). The Kier molecular flexibility index (Phi) is 6.22. The zero-order chi connectivity index (χ0) is 15.2. The fourth-order valence-electron chi connectivity index (χ4n) is 3.42. The summed E-state index contributed by atoms with van der Waals surface area (Å²) in [7, 11) is 4.02. The molecule has 1 aromatic rings. The molecule has 1 N–H and O–H groups in total. The lowest BCUT2D eigenvalue weighted by Crippen LogP contribution is -2.41. The first kappa shape index (κ1) is 16.5. The van der Waals surface area contributed by atoms with Crippen molar-refractivity contribution in [2.75, 3.05) is 27.2 Å². The van der Waals surface area contributed by atoms with Gasteiger partial charge in [-0.05, 0) is 43.5 Å². The maximum Gasteiger partial charge on any atom is 0.0713 e. The van der Waals surface area contributed by atoms with Gasteiger partial charge < -0.3 is 10.1 Å². The minimum absolute atomic E-state index is 0.516. The normalized spacial score (nSPS) is 23.7. The second-order valence-corrected chi connectivity index (χ2v) is 6.57. The lowest BCUT2D eigenvalue weighted by atomic mass is 9.84. The van der Waals surface area contributed by atoms with Crippen LogP contribution in [-0.2, 0) is 11.3 Å². The van der Waals surface area contributed by atoms with Crippen LogP contribution < -0.4 is 5.32 Å². The molecule has 2 atom stereocenters. The van der Waals surface area contributed by atoms with Crippen molar-refractivity contribution in [2.24, 2.45) is 5.92 Å². The molecule has 118 valence electrons. The summed E-state index contributed by atoms with van der Waals surface area (Å²) in [5.41, 5.74) is 2.70. The number of nitrogens with one attached hydrogen (secondary N) is 1. The predicted octanol–water partition coefficient (Wildman–Crippen LogP) is 3.21. The summed E-state index contributed by atoms with van der Waals surface area (Å²) in [5.74, 6) is 0.684. The number of rotatable bonds is 6. The van der Waals surface area contributed by atoms with Crippen LogP contribution in [0, 0.1) is 5.92 Å². The number of likely N-dealkylation sites (tertiary alicyclic amines) is 1. The molecule has 21 heavy (non-hydrogen) atoms. The van der Waals surface area contributed by atoms with E-state index in [0.29, 0.717) is 24.6 Å². The van der Waals surface area contributed by atoms with Gasteiger partial charge >= 0.3 is 0 Å². The molecule has 0 aromatic heterocycles. The van der Waals surface area contributed by atoms with E-state index in [0.717, 1.165) is 6.54 Å². The third-order valence-corrected chi connectivity index (χ3v) is 4.40. The summed E-state index contributed by atoms with van der Waals surface area (Å²) in [4.78, 5) is 2.52. The number of hydrogen-bond acceptors (Lipinski definition) is 3. The van der Waals surface area contributed by atoms with Gasteiger partial charge in [0, 0.05) is 25.7 Å². The summed E-state index contributed by atoms with van der Waals surface area (Å²) >= 11 is 0. The van der Waals surface area contributed by atoms with Gasteiger partial charge in [0.1, 0.15) is 0 Å². The number of hydrogen-bond donors (Lipinski definition) is 1. The maximum atomic E-state index is 5.28. The van der Waals surface area contributed by atoms with Crippen molar-refractivity contribution >= 4 is 0 Å². The lowest BCUT2D eigenvalue weighted by molar-refractivity contribution is 0.118. The molecule has 0 radical (unpaired) electrons. The molecule has 0 aliphatic carbocycles. The van der Waals surface area contributed by atoms with Gasteiger partial charge in [-0.1, -0.05) is 38.1 Å². The molecule has 3 nitrogen and oxygen atoms in total. The third-order valence-electron chi connectivity index (χ3n) is 4.40. The van der Waals surface area contributed by atoms with E-state index in [9.17, 15) is 0 Å². The molecule has 1 saturated heterocycles. The van der Waals surface area contributed by atoms with Gasteiger partial charge in [-0.2, -0.15) is 0 Å². The monoisotopic (exact) mass is 290 g/mol. The van der Waals surface area contributed by atoms with Crippen LogP contribution in [0.3, 0.4) is 0 Å². The highest BCUT2D eigenvalue weighted by Gasteiger charge is 2.30. The molecule has 3 heteroatoms. The third kappa shape index (κ3) is 4.53. The number of methoxy groups -OCH3 is 1. The predicted molar refractivity (Wildman–Crippen MR) is 88.4 cm³/mol. The minimum Gasteiger partial charge on any atom is -0.380 e. The van der Waals surface area contributed by atoms with Gasteiger partial charge in [0.2, 0.25) is 0 Å². The van der Waals surface area contributed by atoms with E-state index in [4.69, 9.17) is 4.74 Å². The molecule has 0 spiro atoms. The summed E-state index contributed by atoms with van der Waals surface area (Å²) in [6.07, 6.45) is 2.61. The summed E-state index contributed by atoms with van der Waals surface area (Å²) < 4.78 is 5.28. The Labute approximate surface area is 129 Å². The SMILES string of the molecule is COCc1cccc(C2C(CNC(C)C)CCCN2C)c1. The molecule has 1 fully saturated rings. The Balaban J connectivity index is 2.16. The van der Waals surface area contributed by atoms with E-state index in [-0.39, 0.29) is 0 Å². The summed E-state index contributed by atoms with van der Waals surface area (Å²) in [6, 6.07) is 9.97. The van der Waals surface area contributed by atoms with Gasteiger partial charge in [-0.25, -0.2) is 0 Å². The number of benzene rings is 1. The van der Waals surface area contributed by atoms with Crippen molar-refractivity contribution in [3.8, 4) is 0 Å². The van der Waals surface area contributed by atoms with Gasteiger partial charge in [0.25, 0.3) is 0 Å². The maximum absolute atomic E-state index is 5.28. The summed E-state index contributed by atoms with van der Waals surface area (Å²) in [6.45, 7) is 7.43. The van der Waals surface area contributed by atoms with Crippen molar-refractivity contribution in [1.82, 2.24) is 10.2 Å². The highest BCUT2D eigenvalue weighted by molar-refractivity contribution is 5.27. The molecule has 1 heterocycles.